The molecule has 0 fully saturated rings. The zero-order chi connectivity index (χ0) is 13.2. The van der Waals surface area contributed by atoms with Gasteiger partial charge in [-0.2, -0.15) is 5.26 Å². The Bertz CT molecular complexity index is 404. The first-order chi connectivity index (χ1) is 8.83. The summed E-state index contributed by atoms with van der Waals surface area (Å²) in [5, 5.41) is 9.11. The highest BCUT2D eigenvalue weighted by atomic mass is 32.2. The lowest BCUT2D eigenvalue weighted by molar-refractivity contribution is 0.0543. The van der Waals surface area contributed by atoms with Gasteiger partial charge in [-0.3, -0.25) is 0 Å². The second kappa shape index (κ2) is 8.81. The molecule has 0 heterocycles. The van der Waals surface area contributed by atoms with Crippen LogP contribution in [0.15, 0.2) is 23.1 Å². The van der Waals surface area contributed by atoms with Gasteiger partial charge in [-0.1, -0.05) is 6.07 Å². The van der Waals surface area contributed by atoms with Gasteiger partial charge in [0.05, 0.1) is 19.8 Å². The molecule has 0 spiro atoms. The van der Waals surface area contributed by atoms with Crippen molar-refractivity contribution in [2.45, 2.75) is 4.90 Å². The van der Waals surface area contributed by atoms with Gasteiger partial charge in [-0.05, 0) is 18.4 Å². The van der Waals surface area contributed by atoms with Gasteiger partial charge in [0.25, 0.3) is 0 Å². The fourth-order valence-corrected chi connectivity index (χ4v) is 1.93. The maximum absolute atomic E-state index is 9.11. The third-order valence-electron chi connectivity index (χ3n) is 2.24. The normalized spacial score (nSPS) is 10.1. The van der Waals surface area contributed by atoms with E-state index in [1.807, 2.05) is 18.4 Å². The van der Waals surface area contributed by atoms with Gasteiger partial charge in [0, 0.05) is 12.0 Å². The Labute approximate surface area is 112 Å². The summed E-state index contributed by atoms with van der Waals surface area (Å²) < 4.78 is 15.7. The predicted molar refractivity (Wildman–Crippen MR) is 71.1 cm³/mol. The van der Waals surface area contributed by atoms with E-state index in [1.54, 1.807) is 13.2 Å². The van der Waals surface area contributed by atoms with E-state index < -0.39 is 0 Å². The first-order valence-corrected chi connectivity index (χ1v) is 6.82. The predicted octanol–water partition coefficient (Wildman–Crippen LogP) is 2.32. The van der Waals surface area contributed by atoms with Crippen LogP contribution in [0.25, 0.3) is 0 Å². The zero-order valence-corrected chi connectivity index (χ0v) is 11.5. The highest BCUT2D eigenvalue weighted by Gasteiger charge is 2.07. The molecule has 0 atom stereocenters. The molecule has 0 bridgehead atoms. The van der Waals surface area contributed by atoms with Crippen LogP contribution in [0.5, 0.6) is 5.75 Å². The minimum absolute atomic E-state index is 0.427. The largest absolute Gasteiger partial charge is 0.490 e. The Morgan fingerprint density at radius 2 is 2.00 bits per heavy atom. The van der Waals surface area contributed by atoms with E-state index in [4.69, 9.17) is 19.5 Å². The molecule has 0 radical (unpaired) electrons. The lowest BCUT2D eigenvalue weighted by Gasteiger charge is -2.10. The first kappa shape index (κ1) is 14.8. The molecule has 0 unspecified atom stereocenters. The number of ether oxygens (including phenoxy) is 3. The summed E-state index contributed by atoms with van der Waals surface area (Å²) in [6.07, 6.45) is 1.94. The van der Waals surface area contributed by atoms with Gasteiger partial charge in [-0.25, -0.2) is 0 Å². The van der Waals surface area contributed by atoms with Gasteiger partial charge in [0.1, 0.15) is 24.0 Å². The number of nitrogens with zero attached hydrogens (tertiary/aromatic N) is 1. The third kappa shape index (κ3) is 4.57. The van der Waals surface area contributed by atoms with Gasteiger partial charge >= 0.3 is 0 Å². The van der Waals surface area contributed by atoms with Crippen LogP contribution in [0.4, 0.5) is 0 Å². The number of thioether (sulfide) groups is 1. The molecule has 0 aliphatic carbocycles. The van der Waals surface area contributed by atoms with E-state index in [0.717, 1.165) is 4.90 Å². The van der Waals surface area contributed by atoms with Gasteiger partial charge in [-0.15, -0.1) is 11.8 Å². The minimum Gasteiger partial charge on any atom is -0.490 e. The van der Waals surface area contributed by atoms with Crippen molar-refractivity contribution in [3.8, 4) is 11.8 Å². The average Bonchev–Trinajstić information content (AvgIpc) is 2.42. The zero-order valence-electron chi connectivity index (χ0n) is 10.6. The fraction of sp³-hybridized carbons (Fsp3) is 0.462. The molecule has 0 aliphatic heterocycles. The van der Waals surface area contributed by atoms with E-state index in [2.05, 4.69) is 6.07 Å². The second-order valence-electron chi connectivity index (χ2n) is 3.40. The average molecular weight is 267 g/mol. The Morgan fingerprint density at radius 3 is 2.67 bits per heavy atom. The highest BCUT2D eigenvalue weighted by Crippen LogP contribution is 2.27. The van der Waals surface area contributed by atoms with Crippen molar-refractivity contribution in [1.29, 1.82) is 5.26 Å². The molecule has 1 aromatic carbocycles. The Kier molecular flexibility index (Phi) is 7.26. The molecule has 0 saturated carbocycles. The summed E-state index contributed by atoms with van der Waals surface area (Å²) >= 11 is 1.53. The SMILES string of the molecule is COCCOCCOc1cccc(SC)c1C#N. The molecular weight excluding hydrogens is 250 g/mol. The van der Waals surface area contributed by atoms with E-state index in [-0.39, 0.29) is 0 Å². The first-order valence-electron chi connectivity index (χ1n) is 5.60. The number of methoxy groups -OCH3 is 1. The van der Waals surface area contributed by atoms with Crippen LogP contribution in [0.1, 0.15) is 5.56 Å². The summed E-state index contributed by atoms with van der Waals surface area (Å²) in [6, 6.07) is 7.76. The van der Waals surface area contributed by atoms with Crippen molar-refractivity contribution >= 4 is 11.8 Å². The third-order valence-corrected chi connectivity index (χ3v) is 3.02. The molecule has 5 heteroatoms. The molecule has 4 nitrogen and oxygen atoms in total. The van der Waals surface area contributed by atoms with Crippen molar-refractivity contribution in [2.75, 3.05) is 39.8 Å². The molecule has 0 N–H and O–H groups in total. The molecule has 0 aromatic heterocycles. The van der Waals surface area contributed by atoms with Crippen molar-refractivity contribution in [3.63, 3.8) is 0 Å². The smallest absolute Gasteiger partial charge is 0.138 e. The number of rotatable bonds is 8. The van der Waals surface area contributed by atoms with Crippen LogP contribution in [-0.4, -0.2) is 39.8 Å². The van der Waals surface area contributed by atoms with Gasteiger partial charge in [0.15, 0.2) is 0 Å². The lowest BCUT2D eigenvalue weighted by atomic mass is 10.2. The van der Waals surface area contributed by atoms with E-state index in [1.165, 1.54) is 11.8 Å². The number of hydrogen-bond acceptors (Lipinski definition) is 5. The molecule has 0 saturated heterocycles. The summed E-state index contributed by atoms with van der Waals surface area (Å²) in [5.74, 6) is 0.611. The van der Waals surface area contributed by atoms with Crippen LogP contribution in [-0.2, 0) is 9.47 Å². The van der Waals surface area contributed by atoms with Crippen LogP contribution < -0.4 is 4.74 Å². The van der Waals surface area contributed by atoms with Crippen LogP contribution in [0.3, 0.4) is 0 Å². The Balaban J connectivity index is 2.45. The van der Waals surface area contributed by atoms with Crippen LogP contribution in [0, 0.1) is 11.3 Å². The van der Waals surface area contributed by atoms with Crippen molar-refractivity contribution in [1.82, 2.24) is 0 Å². The van der Waals surface area contributed by atoms with Crippen LogP contribution >= 0.6 is 11.8 Å². The topological polar surface area (TPSA) is 51.5 Å². The molecule has 0 amide bonds. The molecule has 18 heavy (non-hydrogen) atoms. The molecular formula is C13H17NO3S. The van der Waals surface area contributed by atoms with Gasteiger partial charge in [0.2, 0.25) is 0 Å². The lowest BCUT2D eigenvalue weighted by Crippen LogP contribution is -2.10. The van der Waals surface area contributed by atoms with Crippen molar-refractivity contribution in [3.05, 3.63) is 23.8 Å². The highest BCUT2D eigenvalue weighted by molar-refractivity contribution is 7.98. The Morgan fingerprint density at radius 1 is 1.22 bits per heavy atom. The monoisotopic (exact) mass is 267 g/mol. The van der Waals surface area contributed by atoms with E-state index >= 15 is 0 Å². The maximum Gasteiger partial charge on any atom is 0.138 e. The fourth-order valence-electron chi connectivity index (χ4n) is 1.37. The number of benzene rings is 1. The molecule has 1 rings (SSSR count). The van der Waals surface area contributed by atoms with Crippen molar-refractivity contribution < 1.29 is 14.2 Å². The van der Waals surface area contributed by atoms with Gasteiger partial charge < -0.3 is 14.2 Å². The molecule has 98 valence electrons. The van der Waals surface area contributed by atoms with E-state index in [0.29, 0.717) is 37.7 Å². The molecule has 1 aromatic rings. The Hall–Kier alpha value is -1.22. The van der Waals surface area contributed by atoms with Crippen molar-refractivity contribution in [2.24, 2.45) is 0 Å². The minimum atomic E-state index is 0.427. The summed E-state index contributed by atoms with van der Waals surface area (Å²) in [7, 11) is 1.63. The number of hydrogen-bond donors (Lipinski definition) is 0. The summed E-state index contributed by atoms with van der Waals surface area (Å²) in [4.78, 5) is 0.926. The number of nitriles is 1. The van der Waals surface area contributed by atoms with E-state index in [9.17, 15) is 0 Å². The molecule has 0 aliphatic rings. The maximum atomic E-state index is 9.11. The van der Waals surface area contributed by atoms with Crippen LogP contribution in [0.2, 0.25) is 0 Å². The standard InChI is InChI=1S/C13H17NO3S/c1-15-6-7-16-8-9-17-12-4-3-5-13(18-2)11(12)10-14/h3-5H,6-9H2,1-2H3. The second-order valence-corrected chi connectivity index (χ2v) is 4.25. The summed E-state index contributed by atoms with van der Waals surface area (Å²) in [5.41, 5.74) is 0.585. The summed E-state index contributed by atoms with van der Waals surface area (Å²) in [6.45, 7) is 2.04. The quantitative estimate of drug-likeness (QED) is 0.534.